The fourth-order valence-corrected chi connectivity index (χ4v) is 5.05. The van der Waals surface area contributed by atoms with Gasteiger partial charge in [0.25, 0.3) is 0 Å². The number of carbonyl (C=O) groups excluding carboxylic acids is 2. The quantitative estimate of drug-likeness (QED) is 0.581. The molecule has 3 rings (SSSR count). The molecule has 0 amide bonds. The Morgan fingerprint density at radius 2 is 1.87 bits per heavy atom. The van der Waals surface area contributed by atoms with Crippen molar-refractivity contribution in [1.82, 2.24) is 0 Å². The molecule has 1 aliphatic carbocycles. The number of rotatable bonds is 4. The van der Waals surface area contributed by atoms with Gasteiger partial charge in [-0.25, -0.2) is 9.59 Å². The van der Waals surface area contributed by atoms with E-state index in [2.05, 4.69) is 0 Å². The number of carbonyl (C=O) groups is 2. The molecule has 0 N–H and O–H groups in total. The molecule has 0 aromatic heterocycles. The van der Waals surface area contributed by atoms with E-state index in [4.69, 9.17) is 14.2 Å². The highest BCUT2D eigenvalue weighted by Gasteiger charge is 2.62. The third-order valence-electron chi connectivity index (χ3n) is 4.57. The second-order valence-corrected chi connectivity index (χ2v) is 7.32. The van der Waals surface area contributed by atoms with Crippen molar-refractivity contribution >= 4 is 23.7 Å². The minimum Gasteiger partial charge on any atom is -0.488 e. The number of cyclic esters (lactones) is 2. The summed E-state index contributed by atoms with van der Waals surface area (Å²) in [6.07, 6.45) is 1.92. The van der Waals surface area contributed by atoms with Crippen LogP contribution in [0.1, 0.15) is 34.6 Å². The lowest BCUT2D eigenvalue weighted by Gasteiger charge is -2.46. The Labute approximate surface area is 139 Å². The van der Waals surface area contributed by atoms with Gasteiger partial charge in [-0.2, -0.15) is 0 Å². The van der Waals surface area contributed by atoms with Gasteiger partial charge >= 0.3 is 11.9 Å². The highest BCUT2D eigenvalue weighted by molar-refractivity contribution is 8.04. The zero-order chi connectivity index (χ0) is 17.0. The Balaban J connectivity index is 2.26. The molecule has 0 bridgehead atoms. The molecule has 23 heavy (non-hydrogen) atoms. The van der Waals surface area contributed by atoms with E-state index >= 15 is 0 Å². The number of ether oxygens (including phenoxy) is 3. The zero-order valence-electron chi connectivity index (χ0n) is 13.9. The first-order valence-electron chi connectivity index (χ1n) is 7.70. The summed E-state index contributed by atoms with van der Waals surface area (Å²) in [5.74, 6) is -1.14. The van der Waals surface area contributed by atoms with E-state index in [1.54, 1.807) is 0 Å². The van der Waals surface area contributed by atoms with Crippen LogP contribution in [0.5, 0.6) is 0 Å². The van der Waals surface area contributed by atoms with Crippen molar-refractivity contribution in [1.29, 1.82) is 0 Å². The van der Waals surface area contributed by atoms with Gasteiger partial charge in [-0.1, -0.05) is 13.8 Å². The Hall–Kier alpha value is -1.53. The van der Waals surface area contributed by atoms with Crippen LogP contribution < -0.4 is 0 Å². The van der Waals surface area contributed by atoms with Crippen LogP contribution >= 0.6 is 11.8 Å². The summed E-state index contributed by atoms with van der Waals surface area (Å²) < 4.78 is 16.7. The van der Waals surface area contributed by atoms with Crippen molar-refractivity contribution in [3.63, 3.8) is 0 Å². The first-order valence-corrected chi connectivity index (χ1v) is 8.52. The number of thioether (sulfide) groups is 1. The predicted molar refractivity (Wildman–Crippen MR) is 86.3 cm³/mol. The zero-order valence-corrected chi connectivity index (χ0v) is 14.8. The van der Waals surface area contributed by atoms with E-state index in [-0.39, 0.29) is 0 Å². The van der Waals surface area contributed by atoms with Gasteiger partial charge in [-0.3, -0.25) is 0 Å². The number of hydrogen-bond acceptors (Lipinski definition) is 6. The molecule has 0 aromatic rings. The molecule has 0 fully saturated rings. The van der Waals surface area contributed by atoms with Gasteiger partial charge < -0.3 is 14.2 Å². The SMILES string of the molecule is CCOC1=CC2=C(C)C3=C(C(=O)OC3=O)C(C)(C)C2(OCC)S1. The molecule has 6 heteroatoms. The van der Waals surface area contributed by atoms with Crippen LogP contribution in [0.4, 0.5) is 0 Å². The van der Waals surface area contributed by atoms with Gasteiger partial charge in [0.05, 0.1) is 17.8 Å². The summed E-state index contributed by atoms with van der Waals surface area (Å²) in [5, 5.41) is 0.741. The van der Waals surface area contributed by atoms with Gasteiger partial charge in [0, 0.05) is 17.6 Å². The standard InChI is InChI=1S/C17H20O5S/c1-6-20-11-8-10-9(3)12-13(15(19)22-14(12)18)16(4,5)17(10,23-11)21-7-2/h8H,6-7H2,1-5H3. The van der Waals surface area contributed by atoms with E-state index in [0.29, 0.717) is 24.4 Å². The molecule has 1 unspecified atom stereocenters. The second kappa shape index (κ2) is 5.24. The maximum absolute atomic E-state index is 12.3. The van der Waals surface area contributed by atoms with Crippen LogP contribution in [0.2, 0.25) is 0 Å². The van der Waals surface area contributed by atoms with Crippen molar-refractivity contribution in [3.8, 4) is 0 Å². The molecule has 5 nitrogen and oxygen atoms in total. The fraction of sp³-hybridized carbons (Fsp3) is 0.529. The smallest absolute Gasteiger partial charge is 0.346 e. The molecule has 124 valence electrons. The van der Waals surface area contributed by atoms with E-state index in [9.17, 15) is 9.59 Å². The molecule has 0 aromatic carbocycles. The Morgan fingerprint density at radius 3 is 2.48 bits per heavy atom. The molecule has 2 aliphatic heterocycles. The molecule has 0 radical (unpaired) electrons. The minimum atomic E-state index is -0.793. The van der Waals surface area contributed by atoms with Crippen molar-refractivity contribution < 1.29 is 23.8 Å². The highest BCUT2D eigenvalue weighted by Crippen LogP contribution is 2.64. The minimum absolute atomic E-state index is 0.375. The fourth-order valence-electron chi connectivity index (χ4n) is 3.56. The molecule has 0 saturated heterocycles. The number of esters is 2. The molecular formula is C17H20O5S. The predicted octanol–water partition coefficient (Wildman–Crippen LogP) is 3.08. The van der Waals surface area contributed by atoms with Crippen molar-refractivity contribution in [2.45, 2.75) is 39.6 Å². The maximum atomic E-state index is 12.3. The van der Waals surface area contributed by atoms with E-state index in [0.717, 1.165) is 16.2 Å². The monoisotopic (exact) mass is 336 g/mol. The molecule has 1 atom stereocenters. The van der Waals surface area contributed by atoms with Crippen molar-refractivity contribution in [3.05, 3.63) is 33.5 Å². The normalized spacial score (nSPS) is 28.7. The van der Waals surface area contributed by atoms with Gasteiger partial charge in [-0.15, -0.1) is 0 Å². The Kier molecular flexibility index (Phi) is 3.72. The average molecular weight is 336 g/mol. The van der Waals surface area contributed by atoms with Crippen molar-refractivity contribution in [2.75, 3.05) is 13.2 Å². The first kappa shape index (κ1) is 16.3. The average Bonchev–Trinajstić information content (AvgIpc) is 2.97. The highest BCUT2D eigenvalue weighted by atomic mass is 32.2. The van der Waals surface area contributed by atoms with Gasteiger partial charge in [-0.05, 0) is 44.2 Å². The topological polar surface area (TPSA) is 61.8 Å². The molecule has 0 saturated carbocycles. The van der Waals surface area contributed by atoms with Crippen LogP contribution in [-0.2, 0) is 23.8 Å². The van der Waals surface area contributed by atoms with E-state index in [1.807, 2.05) is 40.7 Å². The van der Waals surface area contributed by atoms with Crippen LogP contribution in [0.15, 0.2) is 33.5 Å². The molecule has 3 aliphatic rings. The van der Waals surface area contributed by atoms with Gasteiger partial charge in [0.2, 0.25) is 0 Å². The lowest BCUT2D eigenvalue weighted by atomic mass is 9.68. The summed E-state index contributed by atoms with van der Waals surface area (Å²) in [6, 6.07) is 0. The van der Waals surface area contributed by atoms with Gasteiger partial charge in [0.1, 0.15) is 0 Å². The largest absolute Gasteiger partial charge is 0.488 e. The first-order chi connectivity index (χ1) is 10.8. The number of fused-ring (bicyclic) bond motifs is 1. The lowest BCUT2D eigenvalue weighted by molar-refractivity contribution is -0.151. The second-order valence-electron chi connectivity index (χ2n) is 6.14. The maximum Gasteiger partial charge on any atom is 0.346 e. The van der Waals surface area contributed by atoms with Crippen LogP contribution in [-0.4, -0.2) is 30.1 Å². The Morgan fingerprint density at radius 1 is 1.17 bits per heavy atom. The van der Waals surface area contributed by atoms with E-state index < -0.39 is 22.3 Å². The summed E-state index contributed by atoms with van der Waals surface area (Å²) in [6.45, 7) is 10.5. The summed E-state index contributed by atoms with van der Waals surface area (Å²) in [5.41, 5.74) is 1.65. The Bertz CT molecular complexity index is 698. The lowest BCUT2D eigenvalue weighted by Crippen LogP contribution is -2.49. The van der Waals surface area contributed by atoms with Crippen molar-refractivity contribution in [2.24, 2.45) is 5.41 Å². The summed E-state index contributed by atoms with van der Waals surface area (Å²) >= 11 is 1.46. The molecule has 0 spiro atoms. The van der Waals surface area contributed by atoms with Crippen LogP contribution in [0, 0.1) is 5.41 Å². The van der Waals surface area contributed by atoms with E-state index in [1.165, 1.54) is 11.8 Å². The molecule has 2 heterocycles. The number of hydrogen-bond donors (Lipinski definition) is 0. The van der Waals surface area contributed by atoms with Crippen LogP contribution in [0.25, 0.3) is 0 Å². The summed E-state index contributed by atoms with van der Waals surface area (Å²) in [7, 11) is 0. The molecular weight excluding hydrogens is 316 g/mol. The van der Waals surface area contributed by atoms with Gasteiger partial charge in [0.15, 0.2) is 10.0 Å². The third-order valence-corrected chi connectivity index (χ3v) is 6.14. The summed E-state index contributed by atoms with van der Waals surface area (Å²) in [4.78, 5) is 23.6. The third kappa shape index (κ3) is 1.97. The van der Waals surface area contributed by atoms with Crippen LogP contribution in [0.3, 0.4) is 0 Å².